The van der Waals surface area contributed by atoms with E-state index in [0.717, 1.165) is 38.3 Å². The lowest BCUT2D eigenvalue weighted by Crippen LogP contribution is -2.70. The van der Waals surface area contributed by atoms with Gasteiger partial charge in [-0.2, -0.15) is 0 Å². The molecule has 2 fully saturated rings. The van der Waals surface area contributed by atoms with Crippen LogP contribution < -0.4 is 16.5 Å². The van der Waals surface area contributed by atoms with E-state index in [1.54, 1.807) is 0 Å². The third-order valence-electron chi connectivity index (χ3n) is 7.27. The van der Waals surface area contributed by atoms with Crippen molar-refractivity contribution in [1.29, 1.82) is 0 Å². The van der Waals surface area contributed by atoms with Crippen molar-refractivity contribution >= 4 is 81.2 Å². The molecule has 0 aliphatic carbocycles. The fourth-order valence-corrected chi connectivity index (χ4v) is 6.55. The standard InChI is InChI=1S/C26H29ClN8O11S2/c1-25(2,21(41)42)46-32-14(11-9-47-23(28)29-11)18(39)30-15-19(40)33(4)20(15)48-26(3,22(43)44)34-7-8-35(24(34)45)31-17(38)10-5-6-12(36)16(37)13(10)27/h5-6,9,15,20,36-37H,7-8H2,1-4H3,(H2,28,29)(H,30,39)(H,31,38)(H,41,42)(H,43,44)/b32-14-/t15?,20-,26-/m1/s1. The van der Waals surface area contributed by atoms with Crippen LogP contribution >= 0.6 is 34.7 Å². The highest BCUT2D eigenvalue weighted by atomic mass is 35.5. The van der Waals surface area contributed by atoms with Gasteiger partial charge in [0.15, 0.2) is 27.2 Å². The number of carbonyl (C=O) groups is 6. The maximum absolute atomic E-state index is 13.4. The minimum Gasteiger partial charge on any atom is -0.504 e. The Morgan fingerprint density at radius 2 is 1.81 bits per heavy atom. The van der Waals surface area contributed by atoms with Gasteiger partial charge >= 0.3 is 18.0 Å². The number of nitrogens with two attached hydrogens (primary N) is 1. The van der Waals surface area contributed by atoms with Gasteiger partial charge < -0.3 is 41.2 Å². The number of nitrogen functional groups attached to an aromatic ring is 1. The number of aromatic hydroxyl groups is 2. The van der Waals surface area contributed by atoms with Crippen LogP contribution in [0.4, 0.5) is 9.93 Å². The Balaban J connectivity index is 1.53. The predicted molar refractivity (Wildman–Crippen MR) is 169 cm³/mol. The number of nitrogens with zero attached hydrogens (tertiary/aromatic N) is 5. The molecule has 4 rings (SSSR count). The Labute approximate surface area is 284 Å². The summed E-state index contributed by atoms with van der Waals surface area (Å²) in [6, 6.07) is -0.137. The molecular formula is C26H29ClN8O11S2. The van der Waals surface area contributed by atoms with Gasteiger partial charge in [0.1, 0.15) is 17.1 Å². The second-order valence-electron chi connectivity index (χ2n) is 10.9. The molecule has 1 aromatic carbocycles. The molecule has 2 aromatic rings. The molecule has 2 saturated heterocycles. The summed E-state index contributed by atoms with van der Waals surface area (Å²) >= 11 is 7.55. The topological polar surface area (TPSA) is 278 Å². The maximum Gasteiger partial charge on any atom is 0.350 e. The summed E-state index contributed by atoms with van der Waals surface area (Å²) in [5.41, 5.74) is 5.26. The van der Waals surface area contributed by atoms with Crippen LogP contribution in [0.15, 0.2) is 22.7 Å². The van der Waals surface area contributed by atoms with Crippen LogP contribution in [-0.2, 0) is 24.0 Å². The number of aromatic nitrogens is 1. The second kappa shape index (κ2) is 13.2. The summed E-state index contributed by atoms with van der Waals surface area (Å²) in [5, 5.41) is 45.9. The number of thiazole rings is 1. The molecule has 8 N–H and O–H groups in total. The molecule has 0 spiro atoms. The first kappa shape index (κ1) is 35.8. The number of benzene rings is 1. The van der Waals surface area contributed by atoms with Crippen molar-refractivity contribution in [3.8, 4) is 11.5 Å². The molecule has 22 heteroatoms. The molecule has 1 unspecified atom stereocenters. The number of halogens is 1. The number of oxime groups is 1. The summed E-state index contributed by atoms with van der Waals surface area (Å²) in [6.07, 6.45) is 0. The number of carboxylic acid groups (broad SMARTS) is 2. The summed E-state index contributed by atoms with van der Waals surface area (Å²) in [4.78, 5) is 85.7. The number of hydrogen-bond donors (Lipinski definition) is 7. The van der Waals surface area contributed by atoms with Gasteiger partial charge in [-0.05, 0) is 32.9 Å². The lowest BCUT2D eigenvalue weighted by molar-refractivity contribution is -0.161. The van der Waals surface area contributed by atoms with E-state index in [9.17, 15) is 49.2 Å². The minimum absolute atomic E-state index is 0.0536. The SMILES string of the molecule is CN1C(=O)C(NC(=O)/C(=N\OC(C)(C)C(=O)O)c2csc(N)n2)[C@H]1S[C@](C)(C(=O)O)N1CCN(NC(=O)c2ccc(O)c(O)c2Cl)C1=O. The number of phenols is 2. The van der Waals surface area contributed by atoms with Crippen molar-refractivity contribution < 1.29 is 54.0 Å². The Morgan fingerprint density at radius 3 is 2.40 bits per heavy atom. The number of nitrogens with one attached hydrogen (secondary N) is 2. The van der Waals surface area contributed by atoms with Crippen molar-refractivity contribution in [2.75, 3.05) is 25.9 Å². The van der Waals surface area contributed by atoms with Gasteiger partial charge in [-0.25, -0.2) is 24.4 Å². The Bertz CT molecular complexity index is 1740. The zero-order valence-corrected chi connectivity index (χ0v) is 27.8. The molecule has 1 aromatic heterocycles. The lowest BCUT2D eigenvalue weighted by atomic mass is 10.1. The van der Waals surface area contributed by atoms with E-state index in [1.165, 1.54) is 33.2 Å². The van der Waals surface area contributed by atoms with Gasteiger partial charge in [0, 0.05) is 19.0 Å². The van der Waals surface area contributed by atoms with E-state index < -0.39 is 79.8 Å². The Hall–Kier alpha value is -5.02. The maximum atomic E-state index is 13.4. The average molecular weight is 729 g/mol. The number of likely N-dealkylation sites (N-methyl/N-ethyl adjacent to an activating group) is 1. The number of β-lactam (4-membered cyclic amide) rings is 1. The quantitative estimate of drug-likeness (QED) is 0.0669. The lowest BCUT2D eigenvalue weighted by Gasteiger charge is -2.48. The molecular weight excluding hydrogens is 700 g/mol. The number of hydrazine groups is 1. The minimum atomic E-state index is -2.05. The molecule has 3 heterocycles. The monoisotopic (exact) mass is 728 g/mol. The van der Waals surface area contributed by atoms with Crippen LogP contribution in [0.2, 0.25) is 5.02 Å². The molecule has 5 amide bonds. The van der Waals surface area contributed by atoms with E-state index in [0.29, 0.717) is 11.8 Å². The number of hydrogen-bond acceptors (Lipinski definition) is 14. The number of amides is 5. The van der Waals surface area contributed by atoms with Gasteiger partial charge in [-0.15, -0.1) is 11.3 Å². The summed E-state index contributed by atoms with van der Waals surface area (Å²) in [5.74, 6) is -6.76. The van der Waals surface area contributed by atoms with Crippen LogP contribution in [0.1, 0.15) is 36.8 Å². The van der Waals surface area contributed by atoms with Gasteiger partial charge in [0.2, 0.25) is 11.5 Å². The van der Waals surface area contributed by atoms with Crippen molar-refractivity contribution in [3.63, 3.8) is 0 Å². The molecule has 0 radical (unpaired) electrons. The smallest absolute Gasteiger partial charge is 0.350 e. The molecule has 0 saturated carbocycles. The van der Waals surface area contributed by atoms with Gasteiger partial charge in [-0.3, -0.25) is 24.7 Å². The third kappa shape index (κ3) is 6.69. The molecule has 48 heavy (non-hydrogen) atoms. The van der Waals surface area contributed by atoms with E-state index in [1.807, 2.05) is 0 Å². The van der Waals surface area contributed by atoms with Crippen LogP contribution in [0.3, 0.4) is 0 Å². The fourth-order valence-electron chi connectivity index (χ4n) is 4.31. The molecule has 2 aliphatic heterocycles. The number of carboxylic acids is 2. The van der Waals surface area contributed by atoms with E-state index in [-0.39, 0.29) is 29.5 Å². The number of phenolic OH excluding ortho intramolecular Hbond substituents is 2. The largest absolute Gasteiger partial charge is 0.504 e. The van der Waals surface area contributed by atoms with Crippen molar-refractivity contribution in [2.24, 2.45) is 5.16 Å². The number of likely N-dealkylation sites (tertiary alicyclic amines) is 1. The first-order chi connectivity index (χ1) is 22.3. The zero-order chi connectivity index (χ0) is 35.9. The van der Waals surface area contributed by atoms with Crippen LogP contribution in [0.25, 0.3) is 0 Å². The van der Waals surface area contributed by atoms with Gasteiger partial charge in [0.25, 0.3) is 11.8 Å². The van der Waals surface area contributed by atoms with E-state index in [2.05, 4.69) is 20.9 Å². The normalized spacial score (nSPS) is 19.4. The zero-order valence-electron chi connectivity index (χ0n) is 25.5. The number of carbonyl (C=O) groups excluding carboxylic acids is 4. The van der Waals surface area contributed by atoms with Gasteiger partial charge in [-0.1, -0.05) is 28.5 Å². The summed E-state index contributed by atoms with van der Waals surface area (Å²) in [6.45, 7) is 3.23. The number of urea groups is 1. The Kier molecular flexibility index (Phi) is 9.88. The van der Waals surface area contributed by atoms with Crippen LogP contribution in [0, 0.1) is 0 Å². The highest BCUT2D eigenvalue weighted by Gasteiger charge is 2.56. The Morgan fingerprint density at radius 1 is 1.15 bits per heavy atom. The average Bonchev–Trinajstić information content (AvgIpc) is 3.62. The molecule has 0 bridgehead atoms. The first-order valence-corrected chi connectivity index (χ1v) is 15.7. The number of rotatable bonds is 12. The van der Waals surface area contributed by atoms with Crippen LogP contribution in [0.5, 0.6) is 11.5 Å². The highest BCUT2D eigenvalue weighted by molar-refractivity contribution is 8.02. The fraction of sp³-hybridized carbons (Fsp3) is 0.385. The van der Waals surface area contributed by atoms with E-state index >= 15 is 0 Å². The third-order valence-corrected chi connectivity index (χ3v) is 10.0. The van der Waals surface area contributed by atoms with Crippen molar-refractivity contribution in [1.82, 2.24) is 30.5 Å². The van der Waals surface area contributed by atoms with Gasteiger partial charge in [0.05, 0.1) is 17.1 Å². The number of thioether (sulfide) groups is 1. The number of aliphatic carboxylic acids is 2. The van der Waals surface area contributed by atoms with Crippen LogP contribution in [-0.4, -0.2) is 124 Å². The van der Waals surface area contributed by atoms with Crippen molar-refractivity contribution in [3.05, 3.63) is 33.8 Å². The van der Waals surface area contributed by atoms with Crippen molar-refractivity contribution in [2.45, 2.75) is 42.7 Å². The summed E-state index contributed by atoms with van der Waals surface area (Å²) < 4.78 is 0. The molecule has 3 atom stereocenters. The molecule has 258 valence electrons. The molecule has 2 aliphatic rings. The number of anilines is 1. The molecule has 19 nitrogen and oxygen atoms in total. The first-order valence-electron chi connectivity index (χ1n) is 13.6. The summed E-state index contributed by atoms with van der Waals surface area (Å²) in [7, 11) is 1.36. The second-order valence-corrected chi connectivity index (χ2v) is 13.7. The highest BCUT2D eigenvalue weighted by Crippen LogP contribution is 2.41. The predicted octanol–water partition coefficient (Wildman–Crippen LogP) is 0.273. The van der Waals surface area contributed by atoms with E-state index in [4.69, 9.17) is 22.2 Å².